The van der Waals surface area contributed by atoms with E-state index in [0.717, 1.165) is 16.8 Å². The predicted molar refractivity (Wildman–Crippen MR) is 150 cm³/mol. The van der Waals surface area contributed by atoms with Gasteiger partial charge in [0.2, 0.25) is 5.91 Å². The molecule has 38 heavy (non-hydrogen) atoms. The van der Waals surface area contributed by atoms with Gasteiger partial charge >= 0.3 is 0 Å². The third-order valence-corrected chi connectivity index (χ3v) is 8.88. The number of thioether (sulfide) groups is 1. The first-order chi connectivity index (χ1) is 18.4. The van der Waals surface area contributed by atoms with Crippen LogP contribution in [0.5, 0.6) is 0 Å². The van der Waals surface area contributed by atoms with Crippen LogP contribution in [0.1, 0.15) is 11.4 Å². The van der Waals surface area contributed by atoms with Crippen LogP contribution in [-0.2, 0) is 20.4 Å². The van der Waals surface area contributed by atoms with Gasteiger partial charge < -0.3 is 5.32 Å². The second-order valence-electron chi connectivity index (χ2n) is 8.38. The molecular formula is C27H23N5O3S3. The molecule has 8 nitrogen and oxygen atoms in total. The van der Waals surface area contributed by atoms with E-state index < -0.39 is 9.84 Å². The third kappa shape index (κ3) is 6.01. The number of para-hydroxylation sites is 1. The minimum absolute atomic E-state index is 0.0515. The van der Waals surface area contributed by atoms with Crippen LogP contribution in [0.15, 0.2) is 100 Å². The van der Waals surface area contributed by atoms with E-state index in [0.29, 0.717) is 16.0 Å². The molecule has 0 fully saturated rings. The number of benzene rings is 3. The van der Waals surface area contributed by atoms with Crippen molar-refractivity contribution < 1.29 is 13.2 Å². The number of rotatable bonds is 9. The van der Waals surface area contributed by atoms with Crippen molar-refractivity contribution in [2.24, 2.45) is 0 Å². The second kappa shape index (κ2) is 11.3. The molecule has 3 aromatic carbocycles. The maximum atomic E-state index is 13.1. The largest absolute Gasteiger partial charge is 0.301 e. The number of carbonyl (C=O) groups is 1. The molecule has 0 unspecified atom stereocenters. The number of aromatic nitrogens is 4. The number of aryl methyl sites for hydroxylation is 1. The number of sulfone groups is 1. The Bertz CT molecular complexity index is 1650. The van der Waals surface area contributed by atoms with Crippen LogP contribution in [0.3, 0.4) is 0 Å². The number of nitrogens with one attached hydrogen (secondary N) is 1. The highest BCUT2D eigenvalue weighted by Crippen LogP contribution is 2.27. The topological polar surface area (TPSA) is 107 Å². The lowest BCUT2D eigenvalue weighted by Crippen LogP contribution is -2.15. The van der Waals surface area contributed by atoms with Crippen LogP contribution in [0.25, 0.3) is 16.9 Å². The molecule has 0 aliphatic rings. The lowest BCUT2D eigenvalue weighted by atomic mass is 10.2. The summed E-state index contributed by atoms with van der Waals surface area (Å²) in [5, 5.41) is 14.1. The van der Waals surface area contributed by atoms with E-state index in [-0.39, 0.29) is 28.1 Å². The molecule has 5 rings (SSSR count). The van der Waals surface area contributed by atoms with E-state index in [1.165, 1.54) is 23.1 Å². The molecule has 0 saturated heterocycles. The first kappa shape index (κ1) is 25.8. The maximum absolute atomic E-state index is 13.1. The Morgan fingerprint density at radius 1 is 0.947 bits per heavy atom. The molecule has 1 amide bonds. The van der Waals surface area contributed by atoms with Gasteiger partial charge in [0.05, 0.1) is 16.3 Å². The van der Waals surface area contributed by atoms with E-state index >= 15 is 0 Å². The van der Waals surface area contributed by atoms with E-state index in [1.807, 2.05) is 73.0 Å². The molecule has 2 heterocycles. The van der Waals surface area contributed by atoms with Crippen LogP contribution in [-0.4, -0.2) is 39.8 Å². The molecule has 1 N–H and O–H groups in total. The van der Waals surface area contributed by atoms with Gasteiger partial charge in [0.15, 0.2) is 25.9 Å². The molecular weight excluding hydrogens is 539 g/mol. The predicted octanol–water partition coefficient (Wildman–Crippen LogP) is 5.40. The summed E-state index contributed by atoms with van der Waals surface area (Å²) in [6.07, 6.45) is 0. The average Bonchev–Trinajstić information content (AvgIpc) is 3.55. The third-order valence-electron chi connectivity index (χ3n) is 5.57. The van der Waals surface area contributed by atoms with Crippen molar-refractivity contribution in [1.29, 1.82) is 0 Å². The Labute approximate surface area is 228 Å². The summed E-state index contributed by atoms with van der Waals surface area (Å²) in [5.41, 5.74) is 3.45. The van der Waals surface area contributed by atoms with Crippen LogP contribution < -0.4 is 5.32 Å². The summed E-state index contributed by atoms with van der Waals surface area (Å²) >= 11 is 2.53. The van der Waals surface area contributed by atoms with Gasteiger partial charge in [-0.2, -0.15) is 0 Å². The smallest absolute Gasteiger partial charge is 0.236 e. The van der Waals surface area contributed by atoms with Crippen molar-refractivity contribution in [2.75, 3.05) is 11.1 Å². The van der Waals surface area contributed by atoms with Gasteiger partial charge in [0.1, 0.15) is 5.75 Å². The average molecular weight is 562 g/mol. The monoisotopic (exact) mass is 561 g/mol. The van der Waals surface area contributed by atoms with Gasteiger partial charge in [-0.25, -0.2) is 13.4 Å². The molecule has 0 radical (unpaired) electrons. The van der Waals surface area contributed by atoms with Crippen molar-refractivity contribution >= 4 is 44.0 Å². The summed E-state index contributed by atoms with van der Waals surface area (Å²) < 4.78 is 27.9. The Kier molecular flexibility index (Phi) is 7.68. The molecule has 0 aliphatic carbocycles. The molecule has 0 saturated carbocycles. The zero-order valence-electron chi connectivity index (χ0n) is 20.3. The highest BCUT2D eigenvalue weighted by molar-refractivity contribution is 7.99. The number of carbonyl (C=O) groups excluding carboxylic acids is 1. The quantitative estimate of drug-likeness (QED) is 0.240. The van der Waals surface area contributed by atoms with Gasteiger partial charge in [-0.3, -0.25) is 9.36 Å². The Morgan fingerprint density at radius 3 is 2.34 bits per heavy atom. The van der Waals surface area contributed by atoms with Crippen molar-refractivity contribution in [3.05, 3.63) is 102 Å². The van der Waals surface area contributed by atoms with Crippen LogP contribution >= 0.6 is 23.1 Å². The summed E-state index contributed by atoms with van der Waals surface area (Å²) in [4.78, 5) is 17.4. The van der Waals surface area contributed by atoms with Crippen LogP contribution in [0, 0.1) is 6.92 Å². The Morgan fingerprint density at radius 2 is 1.63 bits per heavy atom. The summed E-state index contributed by atoms with van der Waals surface area (Å²) in [5.74, 6) is -0.255. The van der Waals surface area contributed by atoms with Gasteiger partial charge in [-0.1, -0.05) is 78.0 Å². The fourth-order valence-electron chi connectivity index (χ4n) is 3.68. The normalized spacial score (nSPS) is 11.4. The first-order valence-electron chi connectivity index (χ1n) is 11.6. The van der Waals surface area contributed by atoms with Crippen LogP contribution in [0.2, 0.25) is 0 Å². The molecule has 2 aromatic heterocycles. The Balaban J connectivity index is 1.33. The lowest BCUT2D eigenvalue weighted by molar-refractivity contribution is -0.113. The lowest BCUT2D eigenvalue weighted by Gasteiger charge is -2.11. The van der Waals surface area contributed by atoms with Crippen molar-refractivity contribution in [3.8, 4) is 16.9 Å². The first-order valence-corrected chi connectivity index (χ1v) is 15.1. The molecule has 192 valence electrons. The molecule has 5 aromatic rings. The minimum atomic E-state index is -3.66. The molecule has 0 bridgehead atoms. The number of thiazole rings is 1. The van der Waals surface area contributed by atoms with Gasteiger partial charge in [-0.15, -0.1) is 21.5 Å². The number of anilines is 1. The number of nitrogens with zero attached hydrogens (tertiary/aromatic N) is 4. The van der Waals surface area contributed by atoms with E-state index in [9.17, 15) is 13.2 Å². The number of hydrogen-bond donors (Lipinski definition) is 1. The van der Waals surface area contributed by atoms with E-state index in [4.69, 9.17) is 0 Å². The zero-order valence-corrected chi connectivity index (χ0v) is 22.8. The highest BCUT2D eigenvalue weighted by atomic mass is 32.2. The van der Waals surface area contributed by atoms with Gasteiger partial charge in [0, 0.05) is 16.6 Å². The summed E-state index contributed by atoms with van der Waals surface area (Å²) in [6, 6.07) is 25.7. The van der Waals surface area contributed by atoms with Crippen molar-refractivity contribution in [3.63, 3.8) is 0 Å². The number of hydrogen-bond acceptors (Lipinski definition) is 8. The maximum Gasteiger partial charge on any atom is 0.236 e. The fourth-order valence-corrected chi connectivity index (χ4v) is 6.43. The Hall–Kier alpha value is -3.80. The van der Waals surface area contributed by atoms with E-state index in [1.54, 1.807) is 28.8 Å². The minimum Gasteiger partial charge on any atom is -0.301 e. The van der Waals surface area contributed by atoms with Crippen LogP contribution in [0.4, 0.5) is 5.13 Å². The summed E-state index contributed by atoms with van der Waals surface area (Å²) in [7, 11) is -3.66. The van der Waals surface area contributed by atoms with Gasteiger partial charge in [-0.05, 0) is 31.2 Å². The second-order valence-corrected chi connectivity index (χ2v) is 12.2. The van der Waals surface area contributed by atoms with Crippen molar-refractivity contribution in [1.82, 2.24) is 19.7 Å². The van der Waals surface area contributed by atoms with E-state index in [2.05, 4.69) is 20.5 Å². The molecule has 0 atom stereocenters. The standard InChI is InChI=1S/C27H23N5O3S3/c1-19-12-14-22(15-13-19)38(34,35)18-24-30-31-27(32(24)21-10-6-3-7-11-21)37-17-25(33)29-26-28-23(16-36-26)20-8-4-2-5-9-20/h2-16H,17-18H2,1H3,(H,28,29,33). The zero-order chi connectivity index (χ0) is 26.5. The number of amides is 1. The molecule has 0 spiro atoms. The molecule has 0 aliphatic heterocycles. The summed E-state index contributed by atoms with van der Waals surface area (Å²) in [6.45, 7) is 1.90. The fraction of sp³-hybridized carbons (Fsp3) is 0.111. The molecule has 11 heteroatoms. The van der Waals surface area contributed by atoms with Gasteiger partial charge in [0.25, 0.3) is 0 Å². The SMILES string of the molecule is Cc1ccc(S(=O)(=O)Cc2nnc(SCC(=O)Nc3nc(-c4ccccc4)cs3)n2-c2ccccc2)cc1. The van der Waals surface area contributed by atoms with Crippen molar-refractivity contribution in [2.45, 2.75) is 22.7 Å². The highest BCUT2D eigenvalue weighted by Gasteiger charge is 2.23.